The van der Waals surface area contributed by atoms with Crippen LogP contribution in [0.4, 0.5) is 4.79 Å². The maximum atomic E-state index is 12.8. The lowest BCUT2D eigenvalue weighted by Gasteiger charge is -2.22. The van der Waals surface area contributed by atoms with E-state index in [2.05, 4.69) is 22.5 Å². The molecule has 178 valence electrons. The van der Waals surface area contributed by atoms with Gasteiger partial charge in [0.05, 0.1) is 0 Å². The molecule has 8 nitrogen and oxygen atoms in total. The van der Waals surface area contributed by atoms with Crippen LogP contribution < -0.4 is 5.32 Å². The number of aliphatic imine (C=N–C) groups is 1. The highest BCUT2D eigenvalue weighted by atomic mass is 16.6. The Hall–Kier alpha value is -3.16. The van der Waals surface area contributed by atoms with Gasteiger partial charge in [-0.05, 0) is 56.9 Å². The number of rotatable bonds is 2. The van der Waals surface area contributed by atoms with Crippen LogP contribution in [0.2, 0.25) is 0 Å². The number of likely N-dealkylation sites (N-methyl/N-ethyl adjacent to an activating group) is 1. The number of benzene rings is 1. The molecule has 0 unspecified atom stereocenters. The highest BCUT2D eigenvalue weighted by Crippen LogP contribution is 2.44. The molecule has 1 saturated carbocycles. The fraction of sp³-hybridized carbons (Fsp3) is 0.520. The van der Waals surface area contributed by atoms with E-state index in [1.165, 1.54) is 0 Å². The number of carbonyl (C=O) groups excluding carboxylic acids is 3. The number of carbonyl (C=O) groups is 3. The smallest absolute Gasteiger partial charge is 0.437 e. The fourth-order valence-corrected chi connectivity index (χ4v) is 3.53. The van der Waals surface area contributed by atoms with Crippen molar-refractivity contribution in [2.75, 3.05) is 13.5 Å². The summed E-state index contributed by atoms with van der Waals surface area (Å²) in [6, 6.07) is 8.89. The second kappa shape index (κ2) is 12.2. The minimum Gasteiger partial charge on any atom is -0.458 e. The topological polar surface area (TPSA) is 97.3 Å². The minimum atomic E-state index is -2.88. The molecule has 1 N–H and O–H groups in total. The van der Waals surface area contributed by atoms with Crippen LogP contribution in [0.25, 0.3) is 0 Å². The van der Waals surface area contributed by atoms with Gasteiger partial charge in [-0.3, -0.25) is 14.9 Å². The van der Waals surface area contributed by atoms with E-state index in [4.69, 9.17) is 13.6 Å². The Bertz CT molecular complexity index is 975. The van der Waals surface area contributed by atoms with Crippen LogP contribution in [-0.2, 0) is 25.7 Å². The highest BCUT2D eigenvalue weighted by Gasteiger charge is 2.46. The zero-order valence-corrected chi connectivity index (χ0v) is 18.8. The van der Waals surface area contributed by atoms with Gasteiger partial charge in [-0.2, -0.15) is 0 Å². The number of esters is 1. The maximum absolute atomic E-state index is 12.8. The van der Waals surface area contributed by atoms with E-state index in [1.807, 2.05) is 6.07 Å². The van der Waals surface area contributed by atoms with Gasteiger partial charge >= 0.3 is 12.1 Å². The van der Waals surface area contributed by atoms with Gasteiger partial charge in [-0.15, -0.1) is 4.99 Å². The van der Waals surface area contributed by atoms with Crippen molar-refractivity contribution in [3.05, 3.63) is 48.0 Å². The summed E-state index contributed by atoms with van der Waals surface area (Å²) < 4.78 is 34.6. The fourth-order valence-electron chi connectivity index (χ4n) is 3.53. The number of hydrogen-bond acceptors (Lipinski definition) is 5. The van der Waals surface area contributed by atoms with Crippen molar-refractivity contribution in [2.45, 2.75) is 70.0 Å². The van der Waals surface area contributed by atoms with Crippen molar-refractivity contribution in [1.29, 1.82) is 0 Å². The van der Waals surface area contributed by atoms with Gasteiger partial charge in [-0.1, -0.05) is 42.5 Å². The lowest BCUT2D eigenvalue weighted by atomic mass is 10.1. The predicted molar refractivity (Wildman–Crippen MR) is 124 cm³/mol. The van der Waals surface area contributed by atoms with Crippen molar-refractivity contribution in [3.63, 3.8) is 0 Å². The molecule has 3 rings (SSSR count). The Morgan fingerprint density at radius 3 is 2.64 bits per heavy atom. The van der Waals surface area contributed by atoms with Crippen LogP contribution >= 0.6 is 0 Å². The molecule has 0 bridgehead atoms. The normalized spacial score (nSPS) is 23.9. The number of hydrogen-bond donors (Lipinski definition) is 1. The molecule has 1 aromatic carbocycles. The lowest BCUT2D eigenvalue weighted by Crippen LogP contribution is -2.45. The van der Waals surface area contributed by atoms with Crippen LogP contribution in [0, 0.1) is 0 Å². The highest BCUT2D eigenvalue weighted by molar-refractivity contribution is 6.01. The quantitative estimate of drug-likeness (QED) is 0.529. The van der Waals surface area contributed by atoms with Crippen molar-refractivity contribution >= 4 is 23.9 Å². The Kier molecular flexibility index (Phi) is 7.55. The summed E-state index contributed by atoms with van der Waals surface area (Å²) >= 11 is 0. The molecular formula is C25H33N3O5. The first kappa shape index (κ1) is 20.4. The number of amides is 2. The van der Waals surface area contributed by atoms with E-state index in [0.29, 0.717) is 23.3 Å². The average Bonchev–Trinajstić information content (AvgIpc) is 3.58. The third kappa shape index (κ3) is 8.71. The number of nitrogens with zero attached hydrogens (tertiary/aromatic N) is 2. The standard InChI is InChI=1S/C25H33N3O5/c1-28-18-22(30)33-25(16-17-25)15-11-6-4-2-3-5-10-14-21(29)26-23(28)27-24(31)32-19-20-12-8-7-9-13-20/h2,4,7-9,12-13H,3,5-6,10-11,14-19H2,1H3,(H,26,27,29,31)/b4-2-/i1D3. The van der Waals surface area contributed by atoms with Crippen molar-refractivity contribution < 1.29 is 28.0 Å². The third-order valence-electron chi connectivity index (χ3n) is 5.53. The van der Waals surface area contributed by atoms with Crippen LogP contribution in [-0.4, -0.2) is 48.0 Å². The lowest BCUT2D eigenvalue weighted by molar-refractivity contribution is -0.151. The minimum absolute atomic E-state index is 0.0871. The van der Waals surface area contributed by atoms with Crippen molar-refractivity contribution in [2.24, 2.45) is 4.99 Å². The summed E-state index contributed by atoms with van der Waals surface area (Å²) in [6.07, 6.45) is 9.22. The Morgan fingerprint density at radius 2 is 1.91 bits per heavy atom. The largest absolute Gasteiger partial charge is 0.458 e. The van der Waals surface area contributed by atoms with Gasteiger partial charge in [0.25, 0.3) is 0 Å². The summed E-state index contributed by atoms with van der Waals surface area (Å²) in [4.78, 5) is 42.1. The van der Waals surface area contributed by atoms with Crippen LogP contribution in [0.15, 0.2) is 47.5 Å². The van der Waals surface area contributed by atoms with Crippen LogP contribution in [0.5, 0.6) is 0 Å². The van der Waals surface area contributed by atoms with E-state index in [0.717, 1.165) is 38.5 Å². The van der Waals surface area contributed by atoms with E-state index < -0.39 is 43.1 Å². The average molecular weight is 459 g/mol. The summed E-state index contributed by atoms with van der Waals surface area (Å²) in [7, 11) is 0. The molecular weight excluding hydrogens is 422 g/mol. The summed E-state index contributed by atoms with van der Waals surface area (Å²) in [6.45, 7) is -3.67. The van der Waals surface area contributed by atoms with Crippen molar-refractivity contribution in [3.8, 4) is 0 Å². The molecule has 0 atom stereocenters. The molecule has 0 radical (unpaired) electrons. The predicted octanol–water partition coefficient (Wildman–Crippen LogP) is 4.10. The zero-order valence-electron chi connectivity index (χ0n) is 21.8. The molecule has 1 aliphatic carbocycles. The van der Waals surface area contributed by atoms with Gasteiger partial charge in [0.15, 0.2) is 0 Å². The third-order valence-corrected chi connectivity index (χ3v) is 5.53. The number of nitrogens with one attached hydrogen (secondary N) is 1. The summed E-state index contributed by atoms with van der Waals surface area (Å²) in [5.74, 6) is -1.84. The summed E-state index contributed by atoms with van der Waals surface area (Å²) in [5, 5.41) is 2.40. The second-order valence-electron chi connectivity index (χ2n) is 8.38. The Morgan fingerprint density at radius 1 is 1.15 bits per heavy atom. The molecule has 2 aliphatic rings. The molecule has 1 fully saturated rings. The maximum Gasteiger partial charge on any atom is 0.437 e. The van der Waals surface area contributed by atoms with Crippen molar-refractivity contribution in [1.82, 2.24) is 10.2 Å². The van der Waals surface area contributed by atoms with Crippen LogP contribution in [0.1, 0.15) is 67.5 Å². The number of guanidine groups is 1. The molecule has 8 heteroatoms. The number of allylic oxidation sites excluding steroid dienone is 2. The SMILES string of the molecule is [2H]C([2H])([2H])N1CC(=O)OC2(CCC/C=C\CCCCC(=O)N/C1=N/C(=O)OCc1ccccc1)CC2. The molecule has 1 heterocycles. The van der Waals surface area contributed by atoms with Gasteiger partial charge in [0, 0.05) is 17.5 Å². The van der Waals surface area contributed by atoms with E-state index >= 15 is 0 Å². The van der Waals surface area contributed by atoms with Gasteiger partial charge in [0.1, 0.15) is 18.8 Å². The number of ether oxygens (including phenoxy) is 2. The summed E-state index contributed by atoms with van der Waals surface area (Å²) in [5.41, 5.74) is 0.137. The van der Waals surface area contributed by atoms with Gasteiger partial charge in [-0.25, -0.2) is 4.79 Å². The first-order valence-electron chi connectivity index (χ1n) is 12.9. The molecule has 1 spiro atoms. The van der Waals surface area contributed by atoms with E-state index in [-0.39, 0.29) is 13.0 Å². The molecule has 1 aromatic rings. The monoisotopic (exact) mass is 458 g/mol. The Labute approximate surface area is 199 Å². The molecule has 1 aliphatic heterocycles. The first-order valence-corrected chi connectivity index (χ1v) is 11.4. The molecule has 33 heavy (non-hydrogen) atoms. The van der Waals surface area contributed by atoms with Gasteiger partial charge in [0.2, 0.25) is 11.9 Å². The Balaban J connectivity index is 1.80. The second-order valence-corrected chi connectivity index (χ2v) is 8.38. The molecule has 0 aromatic heterocycles. The van der Waals surface area contributed by atoms with Crippen LogP contribution in [0.3, 0.4) is 0 Å². The molecule has 2 amide bonds. The first-order chi connectivity index (χ1) is 17.2. The van der Waals surface area contributed by atoms with E-state index in [1.54, 1.807) is 24.3 Å². The van der Waals surface area contributed by atoms with Gasteiger partial charge < -0.3 is 14.4 Å². The zero-order chi connectivity index (χ0) is 26.0. The molecule has 0 saturated heterocycles. The van der Waals surface area contributed by atoms with E-state index in [9.17, 15) is 14.4 Å².